The Balaban J connectivity index is 2.20. The highest BCUT2D eigenvalue weighted by atomic mass is 19.1. The Bertz CT molecular complexity index is 328. The van der Waals surface area contributed by atoms with Crippen molar-refractivity contribution in [2.45, 2.75) is 32.0 Å². The van der Waals surface area contributed by atoms with E-state index in [0.717, 1.165) is 0 Å². The number of carboxylic acids is 1. The zero-order valence-electron chi connectivity index (χ0n) is 10.6. The molecule has 2 N–H and O–H groups in total. The van der Waals surface area contributed by atoms with Crippen LogP contribution in [0.3, 0.4) is 0 Å². The van der Waals surface area contributed by atoms with Gasteiger partial charge in [-0.3, -0.25) is 0 Å². The molecule has 1 heterocycles. The lowest BCUT2D eigenvalue weighted by molar-refractivity contribution is -0.132. The van der Waals surface area contributed by atoms with Gasteiger partial charge in [0.2, 0.25) is 0 Å². The largest absolute Gasteiger partial charge is 0.478 e. The van der Waals surface area contributed by atoms with Crippen LogP contribution in [-0.4, -0.2) is 43.0 Å². The average molecular weight is 257 g/mol. The van der Waals surface area contributed by atoms with Crippen LogP contribution in [0.5, 0.6) is 0 Å². The highest BCUT2D eigenvalue weighted by Gasteiger charge is 2.22. The van der Waals surface area contributed by atoms with E-state index in [0.29, 0.717) is 32.6 Å². The minimum atomic E-state index is -0.939. The van der Waals surface area contributed by atoms with Crippen molar-refractivity contribution in [2.24, 2.45) is 0 Å². The zero-order chi connectivity index (χ0) is 13.4. The molecule has 1 fully saturated rings. The van der Waals surface area contributed by atoms with Crippen LogP contribution >= 0.6 is 0 Å². The second-order valence-electron chi connectivity index (χ2n) is 4.25. The second-order valence-corrected chi connectivity index (χ2v) is 4.25. The van der Waals surface area contributed by atoms with Gasteiger partial charge in [-0.15, -0.1) is 0 Å². The van der Waals surface area contributed by atoms with E-state index >= 15 is 0 Å². The number of carbonyl (C=O) groups is 1. The third-order valence-corrected chi connectivity index (χ3v) is 2.67. The van der Waals surface area contributed by atoms with E-state index < -0.39 is 12.1 Å². The second kappa shape index (κ2) is 8.00. The number of nitrogens with one attached hydrogen (secondary N) is 1. The van der Waals surface area contributed by atoms with E-state index in [9.17, 15) is 9.18 Å². The lowest BCUT2D eigenvalue weighted by Gasteiger charge is -2.08. The summed E-state index contributed by atoms with van der Waals surface area (Å²) < 4.78 is 18.2. The molecule has 0 radical (unpaired) electrons. The van der Waals surface area contributed by atoms with Crippen molar-refractivity contribution in [1.29, 1.82) is 0 Å². The molecule has 1 aliphatic heterocycles. The number of hydrogen-bond acceptors (Lipinski definition) is 3. The Hall–Kier alpha value is -1.20. The molecule has 2 unspecified atom stereocenters. The highest BCUT2D eigenvalue weighted by molar-refractivity contribution is 5.89. The van der Waals surface area contributed by atoms with Crippen molar-refractivity contribution in [1.82, 2.24) is 5.32 Å². The molecule has 0 aromatic heterocycles. The van der Waals surface area contributed by atoms with Gasteiger partial charge in [-0.25, -0.2) is 9.18 Å². The van der Waals surface area contributed by atoms with Gasteiger partial charge < -0.3 is 15.2 Å². The summed E-state index contributed by atoms with van der Waals surface area (Å²) in [6.45, 7) is 3.06. The van der Waals surface area contributed by atoms with Crippen LogP contribution in [0.25, 0.3) is 0 Å². The first-order chi connectivity index (χ1) is 8.63. The topological polar surface area (TPSA) is 58.6 Å². The fraction of sp³-hybridized carbons (Fsp3) is 0.615. The number of hydrogen-bond donors (Lipinski definition) is 2. The summed E-state index contributed by atoms with van der Waals surface area (Å²) in [6.07, 6.45) is 5.23. The zero-order valence-corrected chi connectivity index (χ0v) is 10.6. The van der Waals surface area contributed by atoms with Crippen molar-refractivity contribution < 1.29 is 19.0 Å². The molecule has 0 bridgehead atoms. The number of ether oxygens (including phenoxy) is 1. The van der Waals surface area contributed by atoms with Crippen LogP contribution < -0.4 is 5.32 Å². The van der Waals surface area contributed by atoms with Gasteiger partial charge in [0.05, 0.1) is 18.8 Å². The first-order valence-corrected chi connectivity index (χ1v) is 6.18. The van der Waals surface area contributed by atoms with Gasteiger partial charge in [0, 0.05) is 12.6 Å². The first-order valence-electron chi connectivity index (χ1n) is 6.18. The highest BCUT2D eigenvalue weighted by Crippen LogP contribution is 2.09. The van der Waals surface area contributed by atoms with Gasteiger partial charge in [0.1, 0.15) is 6.17 Å². The standard InChI is InChI=1S/C13H20FNO3/c1-2-4-10(13(16)17)5-3-6-18-9-12-7-11(14)8-15-12/h3-5,11-12,15H,2,6-9H2,1H3,(H,16,17)/b5-3-,10-4+. The number of rotatable bonds is 7. The third kappa shape index (κ3) is 5.42. The Labute approximate surface area is 107 Å². The lowest BCUT2D eigenvalue weighted by Crippen LogP contribution is -2.26. The molecule has 18 heavy (non-hydrogen) atoms. The van der Waals surface area contributed by atoms with Crippen molar-refractivity contribution >= 4 is 5.97 Å². The smallest absolute Gasteiger partial charge is 0.335 e. The Morgan fingerprint density at radius 1 is 1.61 bits per heavy atom. The molecule has 5 heteroatoms. The summed E-state index contributed by atoms with van der Waals surface area (Å²) in [4.78, 5) is 10.8. The Morgan fingerprint density at radius 3 is 2.94 bits per heavy atom. The molecular weight excluding hydrogens is 237 g/mol. The molecule has 1 aliphatic rings. The van der Waals surface area contributed by atoms with E-state index in [1.807, 2.05) is 6.92 Å². The molecule has 102 valence electrons. The summed E-state index contributed by atoms with van der Waals surface area (Å²) in [7, 11) is 0. The van der Waals surface area contributed by atoms with Crippen LogP contribution in [0.4, 0.5) is 4.39 Å². The van der Waals surface area contributed by atoms with Crippen LogP contribution in [0, 0.1) is 0 Å². The summed E-state index contributed by atoms with van der Waals surface area (Å²) in [5.41, 5.74) is 0.268. The van der Waals surface area contributed by atoms with Crippen molar-refractivity contribution in [3.05, 3.63) is 23.8 Å². The maximum Gasteiger partial charge on any atom is 0.335 e. The minimum absolute atomic E-state index is 0.0681. The molecule has 0 aromatic carbocycles. The molecular formula is C13H20FNO3. The summed E-state index contributed by atoms with van der Waals surface area (Å²) in [5.74, 6) is -0.939. The SMILES string of the molecule is CC/C=C(\C=C/COCC1CC(F)CN1)C(=O)O. The number of aliphatic carboxylic acids is 1. The van der Waals surface area contributed by atoms with Gasteiger partial charge in [-0.05, 0) is 18.9 Å². The number of alkyl halides is 1. The Morgan fingerprint density at radius 2 is 2.39 bits per heavy atom. The normalized spacial score (nSPS) is 24.9. The molecule has 1 saturated heterocycles. The van der Waals surface area contributed by atoms with Crippen LogP contribution in [-0.2, 0) is 9.53 Å². The van der Waals surface area contributed by atoms with Gasteiger partial charge in [-0.2, -0.15) is 0 Å². The maximum atomic E-state index is 12.8. The van der Waals surface area contributed by atoms with Crippen molar-refractivity contribution in [2.75, 3.05) is 19.8 Å². The summed E-state index contributed by atoms with van der Waals surface area (Å²) in [6, 6.07) is 0.0681. The quantitative estimate of drug-likeness (QED) is 0.414. The Kier molecular flexibility index (Phi) is 6.60. The number of allylic oxidation sites excluding steroid dienone is 1. The number of halogens is 1. The van der Waals surface area contributed by atoms with Gasteiger partial charge in [0.25, 0.3) is 0 Å². The maximum absolute atomic E-state index is 12.8. The lowest BCUT2D eigenvalue weighted by atomic mass is 10.2. The molecule has 0 amide bonds. The predicted molar refractivity (Wildman–Crippen MR) is 67.3 cm³/mol. The predicted octanol–water partition coefficient (Wildman–Crippen LogP) is 1.68. The third-order valence-electron chi connectivity index (χ3n) is 2.67. The fourth-order valence-electron chi connectivity index (χ4n) is 1.80. The average Bonchev–Trinajstić information content (AvgIpc) is 2.73. The van der Waals surface area contributed by atoms with E-state index in [-0.39, 0.29) is 11.6 Å². The van der Waals surface area contributed by atoms with Gasteiger partial charge >= 0.3 is 5.97 Å². The number of carboxylic acid groups (broad SMARTS) is 1. The van der Waals surface area contributed by atoms with Crippen LogP contribution in [0.2, 0.25) is 0 Å². The molecule has 0 spiro atoms. The van der Waals surface area contributed by atoms with Crippen molar-refractivity contribution in [3.8, 4) is 0 Å². The molecule has 0 aliphatic carbocycles. The summed E-state index contributed by atoms with van der Waals surface area (Å²) in [5, 5.41) is 11.9. The van der Waals surface area contributed by atoms with E-state index in [1.165, 1.54) is 6.08 Å². The molecule has 0 aromatic rings. The van der Waals surface area contributed by atoms with Crippen LogP contribution in [0.1, 0.15) is 19.8 Å². The minimum Gasteiger partial charge on any atom is -0.478 e. The van der Waals surface area contributed by atoms with Crippen LogP contribution in [0.15, 0.2) is 23.8 Å². The van der Waals surface area contributed by atoms with E-state index in [4.69, 9.17) is 9.84 Å². The molecule has 2 atom stereocenters. The summed E-state index contributed by atoms with van der Waals surface area (Å²) >= 11 is 0. The van der Waals surface area contributed by atoms with Gasteiger partial charge in [-0.1, -0.05) is 19.1 Å². The molecule has 1 rings (SSSR count). The van der Waals surface area contributed by atoms with Gasteiger partial charge in [0.15, 0.2) is 0 Å². The molecule has 0 saturated carbocycles. The fourth-order valence-corrected chi connectivity index (χ4v) is 1.80. The van der Waals surface area contributed by atoms with Crippen molar-refractivity contribution in [3.63, 3.8) is 0 Å². The molecule has 4 nitrogen and oxygen atoms in total. The van der Waals surface area contributed by atoms with E-state index in [2.05, 4.69) is 5.32 Å². The first kappa shape index (κ1) is 14.9. The van der Waals surface area contributed by atoms with E-state index in [1.54, 1.807) is 12.2 Å². The monoisotopic (exact) mass is 257 g/mol.